The molecule has 1 aromatic rings. The number of nitrogens with zero attached hydrogens (tertiary/aromatic N) is 1. The zero-order chi connectivity index (χ0) is 12.0. The summed E-state index contributed by atoms with van der Waals surface area (Å²) >= 11 is 6.36. The molecule has 0 aliphatic heterocycles. The first-order valence-corrected chi connectivity index (χ1v) is 6.42. The molecule has 0 fully saturated rings. The van der Waals surface area contributed by atoms with E-state index in [0.717, 1.165) is 30.8 Å². The van der Waals surface area contributed by atoms with Gasteiger partial charge in [0.05, 0.1) is 5.38 Å². The van der Waals surface area contributed by atoms with Gasteiger partial charge in [-0.2, -0.15) is 0 Å². The quantitative estimate of drug-likeness (QED) is 0.765. The van der Waals surface area contributed by atoms with Crippen LogP contribution in [0, 0.1) is 12.8 Å². The smallest absolute Gasteiger partial charge is 0.128 e. The van der Waals surface area contributed by atoms with Crippen LogP contribution >= 0.6 is 11.6 Å². The molecule has 0 saturated heterocycles. The summed E-state index contributed by atoms with van der Waals surface area (Å²) in [6, 6.07) is 4.00. The number of alkyl halides is 1. The van der Waals surface area contributed by atoms with Crippen LogP contribution in [0.15, 0.2) is 18.3 Å². The minimum atomic E-state index is 0.177. The summed E-state index contributed by atoms with van der Waals surface area (Å²) in [6.45, 7) is 7.21. The number of aromatic nitrogens is 1. The molecular formula is C13H21ClN2. The van der Waals surface area contributed by atoms with Crippen LogP contribution in [0.25, 0.3) is 0 Å². The van der Waals surface area contributed by atoms with E-state index in [1.807, 2.05) is 6.07 Å². The van der Waals surface area contributed by atoms with E-state index in [1.54, 1.807) is 6.20 Å². The normalized spacial score (nSPS) is 12.8. The van der Waals surface area contributed by atoms with Gasteiger partial charge >= 0.3 is 0 Å². The van der Waals surface area contributed by atoms with E-state index in [4.69, 9.17) is 11.6 Å². The predicted molar refractivity (Wildman–Crippen MR) is 71.2 cm³/mol. The summed E-state index contributed by atoms with van der Waals surface area (Å²) in [6.07, 6.45) is 4.07. The van der Waals surface area contributed by atoms with Gasteiger partial charge in [-0.3, -0.25) is 0 Å². The summed E-state index contributed by atoms with van der Waals surface area (Å²) < 4.78 is 0. The lowest BCUT2D eigenvalue weighted by Crippen LogP contribution is -2.23. The molecule has 90 valence electrons. The number of halogens is 1. The van der Waals surface area contributed by atoms with Gasteiger partial charge in [-0.25, -0.2) is 4.98 Å². The fourth-order valence-electron chi connectivity index (χ4n) is 1.83. The van der Waals surface area contributed by atoms with Gasteiger partial charge < -0.3 is 5.32 Å². The van der Waals surface area contributed by atoms with Crippen molar-refractivity contribution in [3.63, 3.8) is 0 Å². The molecule has 1 aromatic heterocycles. The SMILES string of the molecule is CCC(CC)C(Cl)CNc1ncccc1C. The Kier molecular flexibility index (Phi) is 5.61. The van der Waals surface area contributed by atoms with E-state index >= 15 is 0 Å². The zero-order valence-corrected chi connectivity index (χ0v) is 11.1. The molecule has 1 atom stereocenters. The molecule has 0 aromatic carbocycles. The third-order valence-electron chi connectivity index (χ3n) is 3.03. The highest BCUT2D eigenvalue weighted by Gasteiger charge is 2.15. The fraction of sp³-hybridized carbons (Fsp3) is 0.615. The number of hydrogen-bond acceptors (Lipinski definition) is 2. The summed E-state index contributed by atoms with van der Waals surface area (Å²) in [5.74, 6) is 1.53. The maximum absolute atomic E-state index is 6.36. The molecule has 0 aliphatic rings. The standard InChI is InChI=1S/C13H21ClN2/c1-4-11(5-2)12(14)9-16-13-10(3)7-6-8-15-13/h6-8,11-12H,4-5,9H2,1-3H3,(H,15,16). The van der Waals surface area contributed by atoms with Crippen molar-refractivity contribution in [3.05, 3.63) is 23.9 Å². The zero-order valence-electron chi connectivity index (χ0n) is 10.3. The van der Waals surface area contributed by atoms with E-state index in [0.29, 0.717) is 5.92 Å². The average molecular weight is 241 g/mol. The summed E-state index contributed by atoms with van der Waals surface area (Å²) in [5.41, 5.74) is 1.16. The Bertz CT molecular complexity index is 311. The third-order valence-corrected chi connectivity index (χ3v) is 3.54. The molecule has 0 bridgehead atoms. The second-order valence-corrected chi connectivity index (χ2v) is 4.70. The number of hydrogen-bond donors (Lipinski definition) is 1. The number of rotatable bonds is 6. The second-order valence-electron chi connectivity index (χ2n) is 4.14. The Morgan fingerprint density at radius 3 is 2.62 bits per heavy atom. The van der Waals surface area contributed by atoms with Crippen molar-refractivity contribution in [1.82, 2.24) is 4.98 Å². The highest BCUT2D eigenvalue weighted by atomic mass is 35.5. The van der Waals surface area contributed by atoms with Crippen molar-refractivity contribution >= 4 is 17.4 Å². The van der Waals surface area contributed by atoms with Crippen LogP contribution in [0.5, 0.6) is 0 Å². The van der Waals surface area contributed by atoms with Crippen molar-refractivity contribution in [2.24, 2.45) is 5.92 Å². The number of anilines is 1. The molecule has 16 heavy (non-hydrogen) atoms. The monoisotopic (exact) mass is 240 g/mol. The summed E-state index contributed by atoms with van der Waals surface area (Å²) in [4.78, 5) is 4.29. The molecular weight excluding hydrogens is 220 g/mol. The minimum Gasteiger partial charge on any atom is -0.368 e. The first-order chi connectivity index (χ1) is 7.69. The Morgan fingerprint density at radius 1 is 1.38 bits per heavy atom. The lowest BCUT2D eigenvalue weighted by atomic mass is 9.99. The Morgan fingerprint density at radius 2 is 2.06 bits per heavy atom. The average Bonchev–Trinajstić information content (AvgIpc) is 2.29. The molecule has 0 radical (unpaired) electrons. The third kappa shape index (κ3) is 3.67. The van der Waals surface area contributed by atoms with E-state index < -0.39 is 0 Å². The highest BCUT2D eigenvalue weighted by molar-refractivity contribution is 6.21. The van der Waals surface area contributed by atoms with E-state index in [2.05, 4.69) is 37.1 Å². The second kappa shape index (κ2) is 6.74. The van der Waals surface area contributed by atoms with Gasteiger partial charge in [0.25, 0.3) is 0 Å². The first kappa shape index (κ1) is 13.3. The lowest BCUT2D eigenvalue weighted by molar-refractivity contribution is 0.475. The fourth-order valence-corrected chi connectivity index (χ4v) is 2.27. The van der Waals surface area contributed by atoms with Crippen LogP contribution in [-0.4, -0.2) is 16.9 Å². The summed E-state index contributed by atoms with van der Waals surface area (Å²) in [5, 5.41) is 3.50. The largest absolute Gasteiger partial charge is 0.368 e. The lowest BCUT2D eigenvalue weighted by Gasteiger charge is -2.20. The van der Waals surface area contributed by atoms with Crippen LogP contribution < -0.4 is 5.32 Å². The molecule has 1 unspecified atom stereocenters. The van der Waals surface area contributed by atoms with Gasteiger partial charge in [0.2, 0.25) is 0 Å². The van der Waals surface area contributed by atoms with Crippen LogP contribution in [-0.2, 0) is 0 Å². The van der Waals surface area contributed by atoms with Gasteiger partial charge in [0.15, 0.2) is 0 Å². The van der Waals surface area contributed by atoms with Crippen molar-refractivity contribution < 1.29 is 0 Å². The maximum atomic E-state index is 6.36. The maximum Gasteiger partial charge on any atom is 0.128 e. The van der Waals surface area contributed by atoms with Crippen LogP contribution in [0.4, 0.5) is 5.82 Å². The van der Waals surface area contributed by atoms with E-state index in [9.17, 15) is 0 Å². The Labute approximate surface area is 103 Å². The van der Waals surface area contributed by atoms with E-state index in [-0.39, 0.29) is 5.38 Å². The van der Waals surface area contributed by atoms with Crippen molar-refractivity contribution in [2.75, 3.05) is 11.9 Å². The Hall–Kier alpha value is -0.760. The predicted octanol–water partition coefficient (Wildman–Crippen LogP) is 3.85. The van der Waals surface area contributed by atoms with Crippen molar-refractivity contribution in [3.8, 4) is 0 Å². The van der Waals surface area contributed by atoms with Crippen LogP contribution in [0.3, 0.4) is 0 Å². The minimum absolute atomic E-state index is 0.177. The van der Waals surface area contributed by atoms with Crippen molar-refractivity contribution in [2.45, 2.75) is 39.0 Å². The van der Waals surface area contributed by atoms with Gasteiger partial charge in [0, 0.05) is 12.7 Å². The van der Waals surface area contributed by atoms with Gasteiger partial charge in [-0.05, 0) is 24.5 Å². The number of pyridine rings is 1. The van der Waals surface area contributed by atoms with Crippen LogP contribution in [0.1, 0.15) is 32.3 Å². The number of aryl methyl sites for hydroxylation is 1. The Balaban J connectivity index is 2.48. The molecule has 1 heterocycles. The highest BCUT2D eigenvalue weighted by Crippen LogP contribution is 2.19. The molecule has 1 rings (SSSR count). The molecule has 1 N–H and O–H groups in total. The van der Waals surface area contributed by atoms with Gasteiger partial charge in [-0.1, -0.05) is 32.8 Å². The first-order valence-electron chi connectivity index (χ1n) is 5.98. The van der Waals surface area contributed by atoms with Gasteiger partial charge in [0.1, 0.15) is 5.82 Å². The number of nitrogens with one attached hydrogen (secondary N) is 1. The topological polar surface area (TPSA) is 24.9 Å². The molecule has 3 heteroatoms. The molecule has 0 amide bonds. The molecule has 2 nitrogen and oxygen atoms in total. The van der Waals surface area contributed by atoms with Crippen LogP contribution in [0.2, 0.25) is 0 Å². The molecule has 0 spiro atoms. The summed E-state index contributed by atoms with van der Waals surface area (Å²) in [7, 11) is 0. The molecule has 0 aliphatic carbocycles. The van der Waals surface area contributed by atoms with Crippen molar-refractivity contribution in [1.29, 1.82) is 0 Å². The van der Waals surface area contributed by atoms with E-state index in [1.165, 1.54) is 0 Å². The van der Waals surface area contributed by atoms with Gasteiger partial charge in [-0.15, -0.1) is 11.6 Å². The molecule has 0 saturated carbocycles.